The summed E-state index contributed by atoms with van der Waals surface area (Å²) in [6, 6.07) is 16.4. The van der Waals surface area contributed by atoms with Crippen LogP contribution in [0, 0.1) is 6.92 Å². The van der Waals surface area contributed by atoms with Crippen LogP contribution in [0.5, 0.6) is 0 Å². The van der Waals surface area contributed by atoms with E-state index in [1.54, 1.807) is 0 Å². The maximum Gasteiger partial charge on any atom is 0.232 e. The minimum atomic E-state index is -0.0774. The van der Waals surface area contributed by atoms with Gasteiger partial charge in [0.25, 0.3) is 0 Å². The zero-order valence-corrected chi connectivity index (χ0v) is 18.0. The van der Waals surface area contributed by atoms with E-state index in [2.05, 4.69) is 39.3 Å². The van der Waals surface area contributed by atoms with Crippen molar-refractivity contribution in [2.75, 3.05) is 29.4 Å². The molecule has 1 amide bonds. The highest BCUT2D eigenvalue weighted by atomic mass is 16.5. The molecule has 2 aliphatic heterocycles. The molecule has 0 aliphatic carbocycles. The molecule has 6 nitrogen and oxygen atoms in total. The zero-order chi connectivity index (χ0) is 21.2. The lowest BCUT2D eigenvalue weighted by Gasteiger charge is -2.22. The standard InChI is InChI=1S/C25H28N4O2/c1-18-6-10-22(11-7-18)29-17-20(16-23(29)30)25-26-24(27-31-25)19-8-12-21(13-9-19)28-14-4-2-3-5-15-28/h6-13,20H,2-5,14-17H2,1H3. The van der Waals surface area contributed by atoms with E-state index in [-0.39, 0.29) is 11.8 Å². The highest BCUT2D eigenvalue weighted by Gasteiger charge is 2.35. The van der Waals surface area contributed by atoms with Gasteiger partial charge < -0.3 is 14.3 Å². The Hall–Kier alpha value is -3.15. The lowest BCUT2D eigenvalue weighted by atomic mass is 10.1. The quantitative estimate of drug-likeness (QED) is 0.602. The lowest BCUT2D eigenvalue weighted by molar-refractivity contribution is -0.117. The van der Waals surface area contributed by atoms with Crippen LogP contribution in [0.2, 0.25) is 0 Å². The molecule has 3 aromatic rings. The molecule has 5 rings (SSSR count). The van der Waals surface area contributed by atoms with Crippen LogP contribution in [0.25, 0.3) is 11.4 Å². The largest absolute Gasteiger partial charge is 0.372 e. The Balaban J connectivity index is 1.29. The van der Waals surface area contributed by atoms with Gasteiger partial charge in [-0.1, -0.05) is 35.7 Å². The normalized spacial score (nSPS) is 19.6. The van der Waals surface area contributed by atoms with Crippen molar-refractivity contribution in [1.29, 1.82) is 0 Å². The van der Waals surface area contributed by atoms with Gasteiger partial charge in [0.05, 0.1) is 5.92 Å². The molecule has 2 aromatic carbocycles. The van der Waals surface area contributed by atoms with Gasteiger partial charge in [0.15, 0.2) is 0 Å². The van der Waals surface area contributed by atoms with E-state index in [1.807, 2.05) is 36.1 Å². The van der Waals surface area contributed by atoms with E-state index in [1.165, 1.54) is 36.9 Å². The molecule has 0 spiro atoms. The van der Waals surface area contributed by atoms with E-state index < -0.39 is 0 Å². The van der Waals surface area contributed by atoms with Crippen LogP contribution in [0.15, 0.2) is 53.1 Å². The predicted molar refractivity (Wildman–Crippen MR) is 121 cm³/mol. The number of rotatable bonds is 4. The number of hydrogen-bond donors (Lipinski definition) is 0. The van der Waals surface area contributed by atoms with Crippen molar-refractivity contribution in [3.05, 3.63) is 60.0 Å². The third-order valence-corrected chi connectivity index (χ3v) is 6.36. The van der Waals surface area contributed by atoms with Crippen LogP contribution in [0.1, 0.15) is 49.5 Å². The fraction of sp³-hybridized carbons (Fsp3) is 0.400. The van der Waals surface area contributed by atoms with E-state index in [4.69, 9.17) is 4.52 Å². The van der Waals surface area contributed by atoms with Gasteiger partial charge in [-0.05, 0) is 56.2 Å². The van der Waals surface area contributed by atoms with Crippen LogP contribution < -0.4 is 9.80 Å². The molecule has 0 bridgehead atoms. The maximum absolute atomic E-state index is 12.6. The molecule has 3 heterocycles. The number of amides is 1. The molecule has 2 saturated heterocycles. The number of carbonyl (C=O) groups excluding carboxylic acids is 1. The molecule has 160 valence electrons. The summed E-state index contributed by atoms with van der Waals surface area (Å²) in [5, 5.41) is 4.19. The molecule has 6 heteroatoms. The van der Waals surface area contributed by atoms with Gasteiger partial charge in [0.1, 0.15) is 0 Å². The van der Waals surface area contributed by atoms with Crippen LogP contribution >= 0.6 is 0 Å². The predicted octanol–water partition coefficient (Wildman–Crippen LogP) is 4.95. The lowest BCUT2D eigenvalue weighted by Crippen LogP contribution is -2.24. The first-order valence-electron chi connectivity index (χ1n) is 11.2. The number of anilines is 2. The minimum absolute atomic E-state index is 0.0774. The first-order valence-corrected chi connectivity index (χ1v) is 11.2. The molecule has 1 unspecified atom stereocenters. The minimum Gasteiger partial charge on any atom is -0.372 e. The van der Waals surface area contributed by atoms with Gasteiger partial charge in [-0.15, -0.1) is 0 Å². The fourth-order valence-electron chi connectivity index (χ4n) is 4.52. The molecule has 0 radical (unpaired) electrons. The van der Waals surface area contributed by atoms with Crippen molar-refractivity contribution < 1.29 is 9.32 Å². The molecule has 0 saturated carbocycles. The molecule has 2 aliphatic rings. The molecular weight excluding hydrogens is 388 g/mol. The number of carbonyl (C=O) groups is 1. The summed E-state index contributed by atoms with van der Waals surface area (Å²) < 4.78 is 5.57. The van der Waals surface area contributed by atoms with E-state index in [0.717, 1.165) is 24.3 Å². The van der Waals surface area contributed by atoms with Crippen molar-refractivity contribution in [3.8, 4) is 11.4 Å². The number of aromatic nitrogens is 2. The van der Waals surface area contributed by atoms with E-state index in [0.29, 0.717) is 24.7 Å². The first-order chi connectivity index (χ1) is 15.2. The average molecular weight is 417 g/mol. The second-order valence-electron chi connectivity index (χ2n) is 8.65. The number of benzene rings is 2. The topological polar surface area (TPSA) is 62.5 Å². The van der Waals surface area contributed by atoms with E-state index >= 15 is 0 Å². The monoisotopic (exact) mass is 416 g/mol. The third kappa shape index (κ3) is 4.20. The summed E-state index contributed by atoms with van der Waals surface area (Å²) in [5.74, 6) is 1.13. The average Bonchev–Trinajstić information content (AvgIpc) is 3.33. The van der Waals surface area contributed by atoms with Crippen LogP contribution in [0.4, 0.5) is 11.4 Å². The van der Waals surface area contributed by atoms with Crippen molar-refractivity contribution in [1.82, 2.24) is 10.1 Å². The number of aryl methyl sites for hydroxylation is 1. The third-order valence-electron chi connectivity index (χ3n) is 6.36. The molecule has 0 N–H and O–H groups in total. The van der Waals surface area contributed by atoms with Crippen LogP contribution in [-0.2, 0) is 4.79 Å². The Labute approximate surface area is 182 Å². The summed E-state index contributed by atoms with van der Waals surface area (Å²) >= 11 is 0. The molecule has 2 fully saturated rings. The summed E-state index contributed by atoms with van der Waals surface area (Å²) in [6.45, 7) is 4.86. The number of hydrogen-bond acceptors (Lipinski definition) is 5. The Bertz CT molecular complexity index is 1030. The summed E-state index contributed by atoms with van der Waals surface area (Å²) in [4.78, 5) is 21.5. The van der Waals surface area contributed by atoms with Gasteiger partial charge in [-0.3, -0.25) is 4.79 Å². The van der Waals surface area contributed by atoms with Crippen LogP contribution in [0.3, 0.4) is 0 Å². The first kappa shape index (κ1) is 19.8. The fourth-order valence-corrected chi connectivity index (χ4v) is 4.52. The summed E-state index contributed by atoms with van der Waals surface area (Å²) in [6.07, 6.45) is 5.56. The molecule has 31 heavy (non-hydrogen) atoms. The Kier molecular flexibility index (Phi) is 5.45. The van der Waals surface area contributed by atoms with Crippen molar-refractivity contribution >= 4 is 17.3 Å². The van der Waals surface area contributed by atoms with Crippen LogP contribution in [-0.4, -0.2) is 35.7 Å². The maximum atomic E-state index is 12.6. The highest BCUT2D eigenvalue weighted by Crippen LogP contribution is 2.32. The Morgan fingerprint density at radius 2 is 1.58 bits per heavy atom. The summed E-state index contributed by atoms with van der Waals surface area (Å²) in [5.41, 5.74) is 4.29. The SMILES string of the molecule is Cc1ccc(N2CC(c3nc(-c4ccc(N5CCCCCC5)cc4)no3)CC2=O)cc1. The molecule has 1 aromatic heterocycles. The zero-order valence-electron chi connectivity index (χ0n) is 18.0. The Morgan fingerprint density at radius 1 is 0.903 bits per heavy atom. The van der Waals surface area contributed by atoms with Gasteiger partial charge in [0, 0.05) is 43.0 Å². The summed E-state index contributed by atoms with van der Waals surface area (Å²) in [7, 11) is 0. The van der Waals surface area contributed by atoms with Gasteiger partial charge >= 0.3 is 0 Å². The van der Waals surface area contributed by atoms with Crippen molar-refractivity contribution in [2.24, 2.45) is 0 Å². The van der Waals surface area contributed by atoms with Gasteiger partial charge in [-0.2, -0.15) is 4.98 Å². The van der Waals surface area contributed by atoms with E-state index in [9.17, 15) is 4.79 Å². The smallest absolute Gasteiger partial charge is 0.232 e. The molecule has 1 atom stereocenters. The second-order valence-corrected chi connectivity index (χ2v) is 8.65. The van der Waals surface area contributed by atoms with Gasteiger partial charge in [0.2, 0.25) is 17.6 Å². The number of nitrogens with zero attached hydrogens (tertiary/aromatic N) is 4. The Morgan fingerprint density at radius 3 is 2.29 bits per heavy atom. The highest BCUT2D eigenvalue weighted by molar-refractivity contribution is 5.96. The van der Waals surface area contributed by atoms with Crippen molar-refractivity contribution in [3.63, 3.8) is 0 Å². The van der Waals surface area contributed by atoms with Gasteiger partial charge in [-0.25, -0.2) is 0 Å². The molecular formula is C25H28N4O2. The van der Waals surface area contributed by atoms with Crippen molar-refractivity contribution in [2.45, 2.75) is 44.9 Å². The second kappa shape index (κ2) is 8.53.